The number of carbonyl (C=O) groups excluding carboxylic acids is 3. The summed E-state index contributed by atoms with van der Waals surface area (Å²) in [5.74, 6) is -1.08. The normalized spacial score (nSPS) is 10.0. The molecule has 0 heterocycles. The van der Waals surface area contributed by atoms with Crippen LogP contribution in [-0.2, 0) is 20.9 Å². The van der Waals surface area contributed by atoms with E-state index in [0.717, 1.165) is 5.56 Å². The first-order chi connectivity index (χ1) is 12.0. The van der Waals surface area contributed by atoms with E-state index in [1.165, 1.54) is 25.0 Å². The largest absolute Gasteiger partial charge is 0.465 e. The van der Waals surface area contributed by atoms with Crippen molar-refractivity contribution in [3.8, 4) is 0 Å². The number of rotatable bonds is 6. The maximum atomic E-state index is 12.2. The van der Waals surface area contributed by atoms with Gasteiger partial charge in [0.15, 0.2) is 0 Å². The molecule has 0 saturated heterocycles. The summed E-state index contributed by atoms with van der Waals surface area (Å²) in [7, 11) is 1.29. The van der Waals surface area contributed by atoms with Gasteiger partial charge in [-0.15, -0.1) is 0 Å². The monoisotopic (exact) mass is 340 g/mol. The van der Waals surface area contributed by atoms with Crippen molar-refractivity contribution in [1.82, 2.24) is 5.32 Å². The minimum absolute atomic E-state index is 0.132. The molecule has 0 atom stereocenters. The number of anilines is 1. The summed E-state index contributed by atoms with van der Waals surface area (Å²) in [5.41, 5.74) is 1.75. The summed E-state index contributed by atoms with van der Waals surface area (Å²) >= 11 is 0. The van der Waals surface area contributed by atoms with Crippen LogP contribution < -0.4 is 10.2 Å². The molecule has 0 aliphatic heterocycles. The molecule has 2 amide bonds. The Balaban J connectivity index is 2.06. The van der Waals surface area contributed by atoms with Crippen molar-refractivity contribution in [3.05, 3.63) is 65.7 Å². The molecule has 0 fully saturated rings. The van der Waals surface area contributed by atoms with Gasteiger partial charge in [0.25, 0.3) is 0 Å². The van der Waals surface area contributed by atoms with Crippen LogP contribution in [0.15, 0.2) is 54.6 Å². The second-order valence-corrected chi connectivity index (χ2v) is 5.41. The molecule has 0 spiro atoms. The average Bonchev–Trinajstić information content (AvgIpc) is 2.64. The second kappa shape index (κ2) is 8.63. The number of amides is 2. The molecule has 6 heteroatoms. The SMILES string of the molecule is COC(=O)c1cccc(N(CC(=O)NCc2ccccc2)C(C)=O)c1. The molecular weight excluding hydrogens is 320 g/mol. The van der Waals surface area contributed by atoms with E-state index in [1.54, 1.807) is 18.2 Å². The summed E-state index contributed by atoms with van der Waals surface area (Å²) in [6, 6.07) is 15.9. The number of nitrogens with one attached hydrogen (secondary N) is 1. The third kappa shape index (κ3) is 5.17. The Morgan fingerprint density at radius 2 is 1.76 bits per heavy atom. The highest BCUT2D eigenvalue weighted by atomic mass is 16.5. The molecule has 0 radical (unpaired) electrons. The van der Waals surface area contributed by atoms with Crippen LogP contribution in [0.1, 0.15) is 22.8 Å². The molecule has 130 valence electrons. The van der Waals surface area contributed by atoms with Gasteiger partial charge in [-0.2, -0.15) is 0 Å². The van der Waals surface area contributed by atoms with Crippen molar-refractivity contribution in [2.75, 3.05) is 18.6 Å². The molecule has 2 aromatic carbocycles. The molecule has 0 unspecified atom stereocenters. The zero-order valence-corrected chi connectivity index (χ0v) is 14.2. The maximum absolute atomic E-state index is 12.2. The van der Waals surface area contributed by atoms with Crippen LogP contribution >= 0.6 is 0 Å². The fourth-order valence-corrected chi connectivity index (χ4v) is 2.30. The number of hydrogen-bond acceptors (Lipinski definition) is 4. The maximum Gasteiger partial charge on any atom is 0.337 e. The van der Waals surface area contributed by atoms with Gasteiger partial charge in [0.2, 0.25) is 11.8 Å². The first kappa shape index (κ1) is 18.2. The lowest BCUT2D eigenvalue weighted by molar-refractivity contribution is -0.123. The zero-order valence-electron chi connectivity index (χ0n) is 14.2. The molecule has 2 aromatic rings. The first-order valence-corrected chi connectivity index (χ1v) is 7.78. The van der Waals surface area contributed by atoms with Crippen LogP contribution in [0, 0.1) is 0 Å². The Kier molecular flexibility index (Phi) is 6.28. The van der Waals surface area contributed by atoms with E-state index in [2.05, 4.69) is 10.1 Å². The van der Waals surface area contributed by atoms with E-state index < -0.39 is 5.97 Å². The predicted octanol–water partition coefficient (Wildman–Crippen LogP) is 2.14. The third-order valence-electron chi connectivity index (χ3n) is 3.59. The molecular formula is C19H20N2O4. The van der Waals surface area contributed by atoms with Gasteiger partial charge in [-0.25, -0.2) is 4.79 Å². The molecule has 0 bridgehead atoms. The number of hydrogen-bond donors (Lipinski definition) is 1. The lowest BCUT2D eigenvalue weighted by Crippen LogP contribution is -2.39. The highest BCUT2D eigenvalue weighted by Gasteiger charge is 2.17. The van der Waals surface area contributed by atoms with E-state index in [1.807, 2.05) is 30.3 Å². The topological polar surface area (TPSA) is 75.7 Å². The van der Waals surface area contributed by atoms with Crippen LogP contribution in [0.5, 0.6) is 0 Å². The van der Waals surface area contributed by atoms with E-state index in [0.29, 0.717) is 17.8 Å². The van der Waals surface area contributed by atoms with Crippen molar-refractivity contribution in [1.29, 1.82) is 0 Å². The number of ether oxygens (including phenoxy) is 1. The summed E-state index contributed by atoms with van der Waals surface area (Å²) in [5, 5.41) is 2.78. The Morgan fingerprint density at radius 3 is 2.40 bits per heavy atom. The van der Waals surface area contributed by atoms with E-state index in [-0.39, 0.29) is 18.4 Å². The molecule has 0 aliphatic rings. The van der Waals surface area contributed by atoms with E-state index >= 15 is 0 Å². The smallest absolute Gasteiger partial charge is 0.337 e. The Hall–Kier alpha value is -3.15. The van der Waals surface area contributed by atoms with Crippen LogP contribution in [0.3, 0.4) is 0 Å². The van der Waals surface area contributed by atoms with Crippen LogP contribution in [-0.4, -0.2) is 31.4 Å². The fourth-order valence-electron chi connectivity index (χ4n) is 2.30. The number of nitrogens with zero attached hydrogens (tertiary/aromatic N) is 1. The summed E-state index contributed by atoms with van der Waals surface area (Å²) in [4.78, 5) is 37.1. The van der Waals surface area contributed by atoms with Crippen molar-refractivity contribution in [2.45, 2.75) is 13.5 Å². The predicted molar refractivity (Wildman–Crippen MR) is 94.1 cm³/mol. The molecule has 0 aliphatic carbocycles. The van der Waals surface area contributed by atoms with Crippen LogP contribution in [0.4, 0.5) is 5.69 Å². The van der Waals surface area contributed by atoms with Gasteiger partial charge in [-0.3, -0.25) is 9.59 Å². The van der Waals surface area contributed by atoms with Gasteiger partial charge < -0.3 is 15.0 Å². The fraction of sp³-hybridized carbons (Fsp3) is 0.211. The Labute approximate surface area is 146 Å². The summed E-state index contributed by atoms with van der Waals surface area (Å²) in [6.07, 6.45) is 0. The standard InChI is InChI=1S/C19H20N2O4/c1-14(22)21(17-10-6-9-16(11-17)19(24)25-2)13-18(23)20-12-15-7-4-3-5-8-15/h3-11H,12-13H2,1-2H3,(H,20,23). The average molecular weight is 340 g/mol. The number of methoxy groups -OCH3 is 1. The lowest BCUT2D eigenvalue weighted by Gasteiger charge is -2.21. The number of benzene rings is 2. The molecule has 25 heavy (non-hydrogen) atoms. The highest BCUT2D eigenvalue weighted by Crippen LogP contribution is 2.17. The van der Waals surface area contributed by atoms with Crippen molar-refractivity contribution >= 4 is 23.5 Å². The Bertz CT molecular complexity index is 759. The minimum Gasteiger partial charge on any atom is -0.465 e. The Morgan fingerprint density at radius 1 is 1.04 bits per heavy atom. The summed E-state index contributed by atoms with van der Waals surface area (Å²) < 4.78 is 4.68. The number of esters is 1. The molecule has 6 nitrogen and oxygen atoms in total. The van der Waals surface area contributed by atoms with Crippen molar-refractivity contribution in [2.24, 2.45) is 0 Å². The van der Waals surface area contributed by atoms with Gasteiger partial charge in [-0.1, -0.05) is 36.4 Å². The number of carbonyl (C=O) groups is 3. The zero-order chi connectivity index (χ0) is 18.2. The first-order valence-electron chi connectivity index (χ1n) is 7.78. The molecule has 1 N–H and O–H groups in total. The van der Waals surface area contributed by atoms with Gasteiger partial charge in [0.05, 0.1) is 12.7 Å². The van der Waals surface area contributed by atoms with E-state index in [4.69, 9.17) is 0 Å². The highest BCUT2D eigenvalue weighted by molar-refractivity contribution is 5.99. The minimum atomic E-state index is -0.501. The van der Waals surface area contributed by atoms with Crippen LogP contribution in [0.2, 0.25) is 0 Å². The van der Waals surface area contributed by atoms with Gasteiger partial charge >= 0.3 is 5.97 Å². The van der Waals surface area contributed by atoms with Crippen molar-refractivity contribution < 1.29 is 19.1 Å². The quantitative estimate of drug-likeness (QED) is 0.818. The van der Waals surface area contributed by atoms with Crippen LogP contribution in [0.25, 0.3) is 0 Å². The van der Waals surface area contributed by atoms with Crippen molar-refractivity contribution in [3.63, 3.8) is 0 Å². The third-order valence-corrected chi connectivity index (χ3v) is 3.59. The summed E-state index contributed by atoms with van der Waals surface area (Å²) in [6.45, 7) is 1.62. The molecule has 0 saturated carbocycles. The molecule has 2 rings (SSSR count). The second-order valence-electron chi connectivity index (χ2n) is 5.41. The van der Waals surface area contributed by atoms with E-state index in [9.17, 15) is 14.4 Å². The molecule has 0 aromatic heterocycles. The van der Waals surface area contributed by atoms with Gasteiger partial charge in [0.1, 0.15) is 6.54 Å². The lowest BCUT2D eigenvalue weighted by atomic mass is 10.2. The van der Waals surface area contributed by atoms with Gasteiger partial charge in [-0.05, 0) is 23.8 Å². The van der Waals surface area contributed by atoms with Gasteiger partial charge in [0, 0.05) is 19.2 Å².